The second-order valence-corrected chi connectivity index (χ2v) is 7.17. The van der Waals surface area contributed by atoms with Crippen LogP contribution in [0, 0.1) is 10.1 Å². The molecule has 0 saturated carbocycles. The number of benzene rings is 1. The second kappa shape index (κ2) is 6.51. The van der Waals surface area contributed by atoms with Gasteiger partial charge in [-0.25, -0.2) is 4.79 Å². The maximum atomic E-state index is 12.8. The van der Waals surface area contributed by atoms with Gasteiger partial charge in [0.15, 0.2) is 0 Å². The van der Waals surface area contributed by atoms with Gasteiger partial charge >= 0.3 is 6.09 Å². The average molecular weight is 370 g/mol. The van der Waals surface area contributed by atoms with Gasteiger partial charge in [0.2, 0.25) is 11.6 Å². The second-order valence-electron chi connectivity index (χ2n) is 6.76. The third-order valence-corrected chi connectivity index (χ3v) is 4.19. The summed E-state index contributed by atoms with van der Waals surface area (Å²) in [5.41, 5.74) is -2.22. The van der Waals surface area contributed by atoms with E-state index in [0.29, 0.717) is 0 Å². The molecule has 2 amide bonds. The fourth-order valence-electron chi connectivity index (χ4n) is 2.93. The Labute approximate surface area is 150 Å². The molecule has 9 heteroatoms. The van der Waals surface area contributed by atoms with Gasteiger partial charge in [-0.3, -0.25) is 20.2 Å². The predicted octanol–water partition coefficient (Wildman–Crippen LogP) is 3.07. The number of rotatable bonds is 4. The molecule has 1 aromatic rings. The molecule has 2 rings (SSSR count). The SMILES string of the molecule is CCC([N+](=O)[O-])[C@]1(NC(=O)OC(C)(C)C)C(=O)Nc2c(Cl)cccc21. The van der Waals surface area contributed by atoms with E-state index >= 15 is 0 Å². The van der Waals surface area contributed by atoms with Crippen LogP contribution in [0.25, 0.3) is 0 Å². The summed E-state index contributed by atoms with van der Waals surface area (Å²) >= 11 is 6.10. The number of para-hydroxylation sites is 1. The van der Waals surface area contributed by atoms with Gasteiger partial charge in [0.1, 0.15) is 5.60 Å². The maximum Gasteiger partial charge on any atom is 0.408 e. The summed E-state index contributed by atoms with van der Waals surface area (Å²) in [5, 5.41) is 16.9. The summed E-state index contributed by atoms with van der Waals surface area (Å²) in [6.07, 6.45) is -0.905. The lowest BCUT2D eigenvalue weighted by Gasteiger charge is -2.31. The molecule has 0 bridgehead atoms. The third-order valence-electron chi connectivity index (χ3n) is 3.87. The van der Waals surface area contributed by atoms with Gasteiger partial charge in [-0.15, -0.1) is 0 Å². The van der Waals surface area contributed by atoms with Gasteiger partial charge in [0.25, 0.3) is 5.91 Å². The van der Waals surface area contributed by atoms with Crippen LogP contribution < -0.4 is 10.6 Å². The molecular formula is C16H20ClN3O5. The quantitative estimate of drug-likeness (QED) is 0.625. The minimum atomic E-state index is -1.90. The number of ether oxygens (including phenoxy) is 1. The highest BCUT2D eigenvalue weighted by Crippen LogP contribution is 2.43. The predicted molar refractivity (Wildman–Crippen MR) is 92.2 cm³/mol. The maximum absolute atomic E-state index is 12.8. The zero-order chi connectivity index (χ0) is 19.0. The van der Waals surface area contributed by atoms with Crippen molar-refractivity contribution < 1.29 is 19.2 Å². The molecule has 0 fully saturated rings. The van der Waals surface area contributed by atoms with Gasteiger partial charge in [-0.05, 0) is 26.8 Å². The fraction of sp³-hybridized carbons (Fsp3) is 0.500. The van der Waals surface area contributed by atoms with E-state index in [1.807, 2.05) is 0 Å². The summed E-state index contributed by atoms with van der Waals surface area (Å²) in [5.74, 6) is -0.718. The molecule has 1 aromatic carbocycles. The van der Waals surface area contributed by atoms with Gasteiger partial charge in [0, 0.05) is 16.9 Å². The molecule has 0 aliphatic carbocycles. The Bertz CT molecular complexity index is 731. The monoisotopic (exact) mass is 369 g/mol. The first kappa shape index (κ1) is 19.0. The zero-order valence-electron chi connectivity index (χ0n) is 14.4. The standard InChI is InChI=1S/C16H20ClN3O5/c1-5-11(20(23)24)16(19-14(22)25-15(2,3)4)9-7-6-8-10(17)12(9)18-13(16)21/h6-8,11H,5H2,1-4H3,(H,18,21)(H,19,22)/t11?,16-/m0/s1. The van der Waals surface area contributed by atoms with Crippen LogP contribution >= 0.6 is 11.6 Å². The lowest BCUT2D eigenvalue weighted by Crippen LogP contribution is -2.61. The van der Waals surface area contributed by atoms with E-state index in [1.54, 1.807) is 39.8 Å². The van der Waals surface area contributed by atoms with Crippen molar-refractivity contribution in [1.29, 1.82) is 0 Å². The van der Waals surface area contributed by atoms with Crippen molar-refractivity contribution in [2.24, 2.45) is 0 Å². The van der Waals surface area contributed by atoms with E-state index in [2.05, 4.69) is 10.6 Å². The summed E-state index contributed by atoms with van der Waals surface area (Å²) in [4.78, 5) is 36.2. The van der Waals surface area contributed by atoms with Crippen molar-refractivity contribution >= 4 is 29.3 Å². The lowest BCUT2D eigenvalue weighted by molar-refractivity contribution is -0.533. The number of carbonyl (C=O) groups excluding carboxylic acids is 2. The highest BCUT2D eigenvalue weighted by atomic mass is 35.5. The van der Waals surface area contributed by atoms with Gasteiger partial charge in [-0.1, -0.05) is 30.7 Å². The normalized spacial score (nSPS) is 20.4. The number of alkyl carbamates (subject to hydrolysis) is 1. The first-order chi connectivity index (χ1) is 11.5. The smallest absolute Gasteiger partial charge is 0.408 e. The number of hydrogen-bond donors (Lipinski definition) is 2. The van der Waals surface area contributed by atoms with Crippen LogP contribution in [0.1, 0.15) is 39.7 Å². The van der Waals surface area contributed by atoms with Crippen molar-refractivity contribution in [2.45, 2.75) is 51.3 Å². The number of amides is 2. The van der Waals surface area contributed by atoms with Crippen LogP contribution in [0.2, 0.25) is 5.02 Å². The lowest BCUT2D eigenvalue weighted by atomic mass is 9.82. The Hall–Kier alpha value is -2.35. The summed E-state index contributed by atoms with van der Waals surface area (Å²) in [7, 11) is 0. The molecule has 1 aliphatic rings. The summed E-state index contributed by atoms with van der Waals surface area (Å²) in [6.45, 7) is 6.54. The number of hydrogen-bond acceptors (Lipinski definition) is 5. The minimum Gasteiger partial charge on any atom is -0.444 e. The molecule has 0 saturated heterocycles. The molecule has 2 atom stereocenters. The Morgan fingerprint density at radius 3 is 2.64 bits per heavy atom. The molecule has 0 radical (unpaired) electrons. The molecule has 1 heterocycles. The molecule has 25 heavy (non-hydrogen) atoms. The first-order valence-corrected chi connectivity index (χ1v) is 8.15. The highest BCUT2D eigenvalue weighted by molar-refractivity contribution is 6.34. The number of nitrogens with one attached hydrogen (secondary N) is 2. The third kappa shape index (κ3) is 3.39. The number of nitrogens with zero attached hydrogens (tertiary/aromatic N) is 1. The Kier molecular flexibility index (Phi) is 4.94. The topological polar surface area (TPSA) is 111 Å². The van der Waals surface area contributed by atoms with Crippen LogP contribution in [0.3, 0.4) is 0 Å². The zero-order valence-corrected chi connectivity index (χ0v) is 15.1. The Morgan fingerprint density at radius 1 is 1.48 bits per heavy atom. The van der Waals surface area contributed by atoms with Gasteiger partial charge in [-0.2, -0.15) is 0 Å². The number of halogens is 1. The van der Waals surface area contributed by atoms with Crippen LogP contribution in [0.4, 0.5) is 10.5 Å². The molecule has 1 aliphatic heterocycles. The Balaban J connectivity index is 2.60. The highest BCUT2D eigenvalue weighted by Gasteiger charge is 2.60. The van der Waals surface area contributed by atoms with Gasteiger partial charge in [0.05, 0.1) is 10.7 Å². The van der Waals surface area contributed by atoms with Crippen LogP contribution in [-0.4, -0.2) is 28.6 Å². The molecular weight excluding hydrogens is 350 g/mol. The van der Waals surface area contributed by atoms with Crippen molar-refractivity contribution in [3.63, 3.8) is 0 Å². The summed E-state index contributed by atoms with van der Waals surface area (Å²) in [6, 6.07) is 3.26. The molecule has 2 N–H and O–H groups in total. The first-order valence-electron chi connectivity index (χ1n) is 7.78. The van der Waals surface area contributed by atoms with E-state index in [0.717, 1.165) is 0 Å². The fourth-order valence-corrected chi connectivity index (χ4v) is 3.15. The molecule has 136 valence electrons. The molecule has 0 aromatic heterocycles. The minimum absolute atomic E-state index is 0.0160. The van der Waals surface area contributed by atoms with E-state index in [4.69, 9.17) is 16.3 Å². The molecule has 1 unspecified atom stereocenters. The van der Waals surface area contributed by atoms with E-state index in [1.165, 1.54) is 6.07 Å². The number of carbonyl (C=O) groups is 2. The van der Waals surface area contributed by atoms with Crippen LogP contribution in [-0.2, 0) is 15.1 Å². The Morgan fingerprint density at radius 2 is 2.12 bits per heavy atom. The van der Waals surface area contributed by atoms with Crippen molar-refractivity contribution in [1.82, 2.24) is 5.32 Å². The van der Waals surface area contributed by atoms with Crippen molar-refractivity contribution in [3.8, 4) is 0 Å². The van der Waals surface area contributed by atoms with Crippen molar-refractivity contribution in [3.05, 3.63) is 38.9 Å². The number of anilines is 1. The average Bonchev–Trinajstić information content (AvgIpc) is 2.72. The van der Waals surface area contributed by atoms with E-state index in [-0.39, 0.29) is 22.7 Å². The largest absolute Gasteiger partial charge is 0.444 e. The van der Waals surface area contributed by atoms with Gasteiger partial charge < -0.3 is 10.1 Å². The summed E-state index contributed by atoms with van der Waals surface area (Å²) < 4.78 is 5.21. The van der Waals surface area contributed by atoms with Crippen molar-refractivity contribution in [2.75, 3.05) is 5.32 Å². The number of fused-ring (bicyclic) bond motifs is 1. The number of nitro groups is 1. The molecule has 0 spiro atoms. The van der Waals surface area contributed by atoms with Crippen LogP contribution in [0.5, 0.6) is 0 Å². The van der Waals surface area contributed by atoms with E-state index < -0.39 is 34.1 Å². The van der Waals surface area contributed by atoms with E-state index in [9.17, 15) is 19.7 Å². The molecule has 8 nitrogen and oxygen atoms in total. The van der Waals surface area contributed by atoms with Crippen LogP contribution in [0.15, 0.2) is 18.2 Å².